The molecule has 0 atom stereocenters. The quantitative estimate of drug-likeness (QED) is 0.199. The number of hydrogen-bond acceptors (Lipinski definition) is 2. The van der Waals surface area contributed by atoms with Crippen molar-refractivity contribution in [1.29, 1.82) is 0 Å². The topological polar surface area (TPSA) is 16.4 Å². The monoisotopic (exact) mass is 587 g/mol. The van der Waals surface area contributed by atoms with E-state index in [0.717, 1.165) is 39.0 Å². The summed E-state index contributed by atoms with van der Waals surface area (Å²) in [5, 5.41) is 7.15. The van der Waals surface area contributed by atoms with E-state index in [1.165, 1.54) is 43.8 Å². The van der Waals surface area contributed by atoms with Crippen molar-refractivity contribution in [3.8, 4) is 22.3 Å². The van der Waals surface area contributed by atoms with Crippen molar-refractivity contribution in [1.82, 2.24) is 0 Å². The van der Waals surface area contributed by atoms with Gasteiger partial charge in [-0.1, -0.05) is 121 Å². The molecule has 2 heteroatoms. The third-order valence-electron chi connectivity index (χ3n) is 9.03. The van der Waals surface area contributed by atoms with Crippen LogP contribution in [0.15, 0.2) is 180 Å². The smallest absolute Gasteiger partial charge is 0.136 e. The molecule has 0 aliphatic heterocycles. The summed E-state index contributed by atoms with van der Waals surface area (Å²) < 4.78 is 6.46. The van der Waals surface area contributed by atoms with E-state index in [2.05, 4.69) is 175 Å². The Morgan fingerprint density at radius 1 is 0.348 bits per heavy atom. The zero-order valence-corrected chi connectivity index (χ0v) is 25.1. The van der Waals surface area contributed by atoms with E-state index in [4.69, 9.17) is 4.42 Å². The molecule has 0 radical (unpaired) electrons. The highest BCUT2D eigenvalue weighted by atomic mass is 16.3. The standard InChI is InChI=1S/C44H29NO/c1-3-12-32(13-4-1)40-29-43-44(39-17-9-10-18-42(39)46-43)41-28-37(25-26-38(40)41)45(35-15-5-2-6-16-35)36-23-21-31(22-24-36)34-20-19-30-11-7-8-14-33(30)27-34/h1-29H. The van der Waals surface area contributed by atoms with Crippen molar-refractivity contribution >= 4 is 60.5 Å². The third kappa shape index (κ3) is 4.43. The van der Waals surface area contributed by atoms with Gasteiger partial charge in [-0.3, -0.25) is 0 Å². The number of furan rings is 1. The lowest BCUT2D eigenvalue weighted by atomic mass is 9.94. The predicted molar refractivity (Wildman–Crippen MR) is 194 cm³/mol. The molecule has 9 rings (SSSR count). The second-order valence-corrected chi connectivity index (χ2v) is 11.8. The number of anilines is 3. The van der Waals surface area contributed by atoms with Crippen molar-refractivity contribution in [2.45, 2.75) is 0 Å². The second-order valence-electron chi connectivity index (χ2n) is 11.8. The Balaban J connectivity index is 1.23. The summed E-state index contributed by atoms with van der Waals surface area (Å²) in [5.74, 6) is 0. The average Bonchev–Trinajstić information content (AvgIpc) is 3.51. The summed E-state index contributed by atoms with van der Waals surface area (Å²) in [5.41, 5.74) is 9.84. The number of benzene rings is 8. The van der Waals surface area contributed by atoms with Gasteiger partial charge in [-0.2, -0.15) is 0 Å². The Kier molecular flexibility index (Phi) is 6.17. The lowest BCUT2D eigenvalue weighted by Crippen LogP contribution is -2.09. The summed E-state index contributed by atoms with van der Waals surface area (Å²) in [6.45, 7) is 0. The first-order valence-corrected chi connectivity index (χ1v) is 15.7. The van der Waals surface area contributed by atoms with E-state index in [0.29, 0.717) is 0 Å². The van der Waals surface area contributed by atoms with Crippen LogP contribution in [0.2, 0.25) is 0 Å². The van der Waals surface area contributed by atoms with Crippen LogP contribution in [-0.4, -0.2) is 0 Å². The van der Waals surface area contributed by atoms with Crippen LogP contribution in [0.3, 0.4) is 0 Å². The average molecular weight is 588 g/mol. The maximum absolute atomic E-state index is 6.46. The third-order valence-corrected chi connectivity index (χ3v) is 9.03. The van der Waals surface area contributed by atoms with Gasteiger partial charge in [0.25, 0.3) is 0 Å². The number of hydrogen-bond donors (Lipinski definition) is 0. The van der Waals surface area contributed by atoms with E-state index >= 15 is 0 Å². The van der Waals surface area contributed by atoms with Crippen molar-refractivity contribution in [3.05, 3.63) is 176 Å². The normalized spacial score (nSPS) is 11.5. The molecular formula is C44H29NO. The molecule has 0 unspecified atom stereocenters. The molecule has 0 fully saturated rings. The van der Waals surface area contributed by atoms with E-state index in [-0.39, 0.29) is 0 Å². The summed E-state index contributed by atoms with van der Waals surface area (Å²) in [6.07, 6.45) is 0. The Morgan fingerprint density at radius 3 is 1.83 bits per heavy atom. The molecule has 0 saturated carbocycles. The van der Waals surface area contributed by atoms with Gasteiger partial charge in [-0.05, 0) is 98.4 Å². The molecule has 0 saturated heterocycles. The fourth-order valence-electron chi connectivity index (χ4n) is 6.82. The van der Waals surface area contributed by atoms with Crippen LogP contribution in [0.25, 0.3) is 65.7 Å². The highest BCUT2D eigenvalue weighted by Crippen LogP contribution is 2.43. The lowest BCUT2D eigenvalue weighted by Gasteiger charge is -2.26. The van der Waals surface area contributed by atoms with E-state index in [9.17, 15) is 0 Å². The van der Waals surface area contributed by atoms with Crippen LogP contribution in [0.5, 0.6) is 0 Å². The number of fused-ring (bicyclic) bond motifs is 6. The second kappa shape index (κ2) is 10.8. The highest BCUT2D eigenvalue weighted by Gasteiger charge is 2.18. The van der Waals surface area contributed by atoms with Gasteiger partial charge >= 0.3 is 0 Å². The van der Waals surface area contributed by atoms with Gasteiger partial charge in [0.15, 0.2) is 0 Å². The maximum Gasteiger partial charge on any atom is 0.136 e. The lowest BCUT2D eigenvalue weighted by molar-refractivity contribution is 0.669. The Labute approximate surface area is 267 Å². The van der Waals surface area contributed by atoms with E-state index in [1.807, 2.05) is 6.07 Å². The van der Waals surface area contributed by atoms with E-state index < -0.39 is 0 Å². The van der Waals surface area contributed by atoms with Gasteiger partial charge in [0, 0.05) is 27.8 Å². The molecule has 0 amide bonds. The van der Waals surface area contributed by atoms with Crippen LogP contribution in [0.1, 0.15) is 0 Å². The minimum absolute atomic E-state index is 0.899. The van der Waals surface area contributed by atoms with Gasteiger partial charge in [-0.25, -0.2) is 0 Å². The Morgan fingerprint density at radius 2 is 1.00 bits per heavy atom. The fraction of sp³-hybridized carbons (Fsp3) is 0. The van der Waals surface area contributed by atoms with Crippen LogP contribution in [0, 0.1) is 0 Å². The number of rotatable bonds is 5. The molecule has 1 aromatic heterocycles. The first kappa shape index (κ1) is 26.3. The largest absolute Gasteiger partial charge is 0.456 e. The van der Waals surface area contributed by atoms with Gasteiger partial charge in [0.05, 0.1) is 0 Å². The van der Waals surface area contributed by atoms with Gasteiger partial charge < -0.3 is 9.32 Å². The van der Waals surface area contributed by atoms with Crippen molar-refractivity contribution in [3.63, 3.8) is 0 Å². The zero-order chi connectivity index (χ0) is 30.5. The Bertz CT molecular complexity index is 2510. The van der Waals surface area contributed by atoms with Crippen LogP contribution < -0.4 is 4.90 Å². The molecule has 0 N–H and O–H groups in total. The molecule has 0 aliphatic rings. The van der Waals surface area contributed by atoms with Crippen molar-refractivity contribution in [2.75, 3.05) is 4.90 Å². The molecule has 9 aromatic rings. The first-order chi connectivity index (χ1) is 22.8. The molecule has 0 aliphatic carbocycles. The van der Waals surface area contributed by atoms with E-state index in [1.54, 1.807) is 0 Å². The first-order valence-electron chi connectivity index (χ1n) is 15.7. The van der Waals surface area contributed by atoms with Gasteiger partial charge in [0.1, 0.15) is 11.2 Å². The van der Waals surface area contributed by atoms with Crippen LogP contribution in [-0.2, 0) is 0 Å². The van der Waals surface area contributed by atoms with Crippen molar-refractivity contribution in [2.24, 2.45) is 0 Å². The SMILES string of the molecule is c1ccc(-c2cc3oc4ccccc4c3c3cc(N(c4ccccc4)c4ccc(-c5ccc6ccccc6c5)cc4)ccc23)cc1. The fourth-order valence-corrected chi connectivity index (χ4v) is 6.82. The van der Waals surface area contributed by atoms with Crippen molar-refractivity contribution < 1.29 is 4.42 Å². The summed E-state index contributed by atoms with van der Waals surface area (Å²) in [4.78, 5) is 2.34. The minimum atomic E-state index is 0.899. The number of nitrogens with zero attached hydrogens (tertiary/aromatic N) is 1. The van der Waals surface area contributed by atoms with Crippen LogP contribution >= 0.6 is 0 Å². The molecular weight excluding hydrogens is 558 g/mol. The maximum atomic E-state index is 6.46. The molecule has 1 heterocycles. The highest BCUT2D eigenvalue weighted by molar-refractivity contribution is 6.22. The van der Waals surface area contributed by atoms with Gasteiger partial charge in [0.2, 0.25) is 0 Å². The number of para-hydroxylation sites is 2. The molecule has 216 valence electrons. The minimum Gasteiger partial charge on any atom is -0.456 e. The summed E-state index contributed by atoms with van der Waals surface area (Å²) in [6, 6.07) is 62.7. The van der Waals surface area contributed by atoms with Crippen LogP contribution in [0.4, 0.5) is 17.1 Å². The molecule has 46 heavy (non-hydrogen) atoms. The summed E-state index contributed by atoms with van der Waals surface area (Å²) >= 11 is 0. The predicted octanol–water partition coefficient (Wildman–Crippen LogP) is 12.7. The molecule has 2 nitrogen and oxygen atoms in total. The molecule has 0 spiro atoms. The molecule has 8 aromatic carbocycles. The summed E-state index contributed by atoms with van der Waals surface area (Å²) in [7, 11) is 0. The zero-order valence-electron chi connectivity index (χ0n) is 25.1. The Hall–Kier alpha value is -6.12. The van der Waals surface area contributed by atoms with Gasteiger partial charge in [-0.15, -0.1) is 0 Å². The molecule has 0 bridgehead atoms.